The maximum atomic E-state index is 11.8. The summed E-state index contributed by atoms with van der Waals surface area (Å²) in [5.41, 5.74) is 1.37. The first-order valence-electron chi connectivity index (χ1n) is 6.81. The van der Waals surface area contributed by atoms with Crippen molar-refractivity contribution in [2.75, 3.05) is 5.75 Å². The number of thioether (sulfide) groups is 1. The second-order valence-electron chi connectivity index (χ2n) is 4.55. The Morgan fingerprint density at radius 1 is 1.41 bits per heavy atom. The fraction of sp³-hybridized carbons (Fsp3) is 0.267. The molecule has 22 heavy (non-hydrogen) atoms. The molecule has 1 heterocycles. The highest BCUT2D eigenvalue weighted by molar-refractivity contribution is 7.99. The number of hydrogen-bond donors (Lipinski definition) is 2. The summed E-state index contributed by atoms with van der Waals surface area (Å²) < 4.78 is 0. The van der Waals surface area contributed by atoms with E-state index < -0.39 is 0 Å². The lowest BCUT2D eigenvalue weighted by Gasteiger charge is -2.07. The molecule has 0 aliphatic heterocycles. The Kier molecular flexibility index (Phi) is 6.03. The van der Waals surface area contributed by atoms with Crippen molar-refractivity contribution in [1.82, 2.24) is 15.3 Å². The average molecular weight is 338 g/mol. The number of H-pyrrole nitrogens is 1. The van der Waals surface area contributed by atoms with Gasteiger partial charge in [-0.1, -0.05) is 48.5 Å². The molecule has 0 unspecified atom stereocenters. The van der Waals surface area contributed by atoms with Gasteiger partial charge in [-0.2, -0.15) is 0 Å². The van der Waals surface area contributed by atoms with Crippen molar-refractivity contribution in [1.29, 1.82) is 0 Å². The summed E-state index contributed by atoms with van der Waals surface area (Å²) in [5.74, 6) is 0.0371. The van der Waals surface area contributed by atoms with Gasteiger partial charge in [-0.15, -0.1) is 0 Å². The van der Waals surface area contributed by atoms with E-state index in [0.717, 1.165) is 5.56 Å². The Morgan fingerprint density at radius 2 is 2.18 bits per heavy atom. The fourth-order valence-electron chi connectivity index (χ4n) is 1.75. The van der Waals surface area contributed by atoms with E-state index in [9.17, 15) is 9.59 Å². The van der Waals surface area contributed by atoms with Crippen LogP contribution in [0.15, 0.2) is 40.3 Å². The number of amides is 1. The van der Waals surface area contributed by atoms with Gasteiger partial charge in [-0.05, 0) is 18.1 Å². The summed E-state index contributed by atoms with van der Waals surface area (Å²) in [4.78, 5) is 30.2. The highest BCUT2D eigenvalue weighted by atomic mass is 35.5. The highest BCUT2D eigenvalue weighted by Gasteiger charge is 2.07. The van der Waals surface area contributed by atoms with Gasteiger partial charge < -0.3 is 10.3 Å². The second-order valence-corrected chi connectivity index (χ2v) is 5.92. The quantitative estimate of drug-likeness (QED) is 0.627. The number of aryl methyl sites for hydroxylation is 1. The molecule has 0 saturated carbocycles. The molecule has 2 aromatic rings. The molecule has 1 amide bonds. The van der Waals surface area contributed by atoms with Crippen molar-refractivity contribution in [3.05, 3.63) is 57.0 Å². The van der Waals surface area contributed by atoms with Gasteiger partial charge >= 0.3 is 0 Å². The number of nitrogens with one attached hydrogen (secondary N) is 2. The van der Waals surface area contributed by atoms with E-state index in [-0.39, 0.29) is 17.2 Å². The highest BCUT2D eigenvalue weighted by Crippen LogP contribution is 2.15. The number of halogens is 1. The average Bonchev–Trinajstić information content (AvgIpc) is 2.51. The molecule has 0 spiro atoms. The zero-order valence-corrected chi connectivity index (χ0v) is 13.6. The fourth-order valence-corrected chi connectivity index (χ4v) is 2.68. The molecule has 2 N–H and O–H groups in total. The summed E-state index contributed by atoms with van der Waals surface area (Å²) in [6, 6.07) is 8.81. The number of aromatic nitrogens is 2. The monoisotopic (exact) mass is 337 g/mol. The Morgan fingerprint density at radius 3 is 2.91 bits per heavy atom. The van der Waals surface area contributed by atoms with Gasteiger partial charge in [-0.25, -0.2) is 4.98 Å². The lowest BCUT2D eigenvalue weighted by Crippen LogP contribution is -2.25. The lowest BCUT2D eigenvalue weighted by atomic mass is 10.2. The summed E-state index contributed by atoms with van der Waals surface area (Å²) in [7, 11) is 0. The van der Waals surface area contributed by atoms with Crippen molar-refractivity contribution in [3.8, 4) is 0 Å². The molecule has 0 aliphatic rings. The van der Waals surface area contributed by atoms with Crippen molar-refractivity contribution < 1.29 is 4.79 Å². The smallest absolute Gasteiger partial charge is 0.251 e. The molecule has 2 rings (SSSR count). The summed E-state index contributed by atoms with van der Waals surface area (Å²) >= 11 is 7.23. The topological polar surface area (TPSA) is 74.8 Å². The van der Waals surface area contributed by atoms with E-state index in [4.69, 9.17) is 11.6 Å². The molecule has 5 nitrogen and oxygen atoms in total. The van der Waals surface area contributed by atoms with Crippen molar-refractivity contribution in [3.63, 3.8) is 0 Å². The number of rotatable bonds is 6. The Balaban J connectivity index is 1.87. The van der Waals surface area contributed by atoms with Crippen LogP contribution in [0.2, 0.25) is 5.02 Å². The van der Waals surface area contributed by atoms with Crippen LogP contribution >= 0.6 is 23.4 Å². The van der Waals surface area contributed by atoms with E-state index in [0.29, 0.717) is 28.8 Å². The molecular weight excluding hydrogens is 322 g/mol. The van der Waals surface area contributed by atoms with Gasteiger partial charge in [0.15, 0.2) is 5.16 Å². The lowest BCUT2D eigenvalue weighted by molar-refractivity contribution is -0.118. The molecule has 0 aliphatic carbocycles. The minimum Gasteiger partial charge on any atom is -0.351 e. The van der Waals surface area contributed by atoms with Gasteiger partial charge in [0, 0.05) is 23.3 Å². The van der Waals surface area contributed by atoms with E-state index in [2.05, 4.69) is 15.3 Å². The number of hydrogen-bond acceptors (Lipinski definition) is 4. The molecule has 0 fully saturated rings. The summed E-state index contributed by atoms with van der Waals surface area (Å²) in [6.07, 6.45) is 0.677. The second kappa shape index (κ2) is 8.00. The van der Waals surface area contributed by atoms with Crippen LogP contribution in [0.5, 0.6) is 0 Å². The number of nitrogens with zero attached hydrogens (tertiary/aromatic N) is 1. The maximum Gasteiger partial charge on any atom is 0.251 e. The van der Waals surface area contributed by atoms with Gasteiger partial charge in [0.2, 0.25) is 5.91 Å². The molecule has 116 valence electrons. The molecule has 0 saturated heterocycles. The SMILES string of the molecule is CCc1cc(=O)[nH]c(SCC(=O)NCc2ccccc2Cl)n1. The molecule has 0 atom stereocenters. The van der Waals surface area contributed by atoms with Crippen LogP contribution in [-0.2, 0) is 17.8 Å². The molecule has 0 radical (unpaired) electrons. The van der Waals surface area contributed by atoms with Gasteiger partial charge in [-0.3, -0.25) is 9.59 Å². The number of benzene rings is 1. The van der Waals surface area contributed by atoms with E-state index in [1.54, 1.807) is 6.07 Å². The molecule has 7 heteroatoms. The molecule has 1 aromatic carbocycles. The van der Waals surface area contributed by atoms with Crippen LogP contribution in [0.3, 0.4) is 0 Å². The third-order valence-corrected chi connectivity index (χ3v) is 4.15. The van der Waals surface area contributed by atoms with Crippen LogP contribution in [0.25, 0.3) is 0 Å². The number of aromatic amines is 1. The van der Waals surface area contributed by atoms with Gasteiger partial charge in [0.1, 0.15) is 0 Å². The molecule has 0 bridgehead atoms. The van der Waals surface area contributed by atoms with Gasteiger partial charge in [0.05, 0.1) is 5.75 Å². The van der Waals surface area contributed by atoms with Crippen molar-refractivity contribution in [2.45, 2.75) is 25.0 Å². The van der Waals surface area contributed by atoms with Crippen LogP contribution < -0.4 is 10.9 Å². The zero-order chi connectivity index (χ0) is 15.9. The minimum atomic E-state index is -0.203. The molecule has 1 aromatic heterocycles. The Bertz CT molecular complexity index is 718. The van der Waals surface area contributed by atoms with Gasteiger partial charge in [0.25, 0.3) is 5.56 Å². The Hall–Kier alpha value is -1.79. The van der Waals surface area contributed by atoms with E-state index in [1.165, 1.54) is 17.8 Å². The molecular formula is C15H16ClN3O2S. The summed E-state index contributed by atoms with van der Waals surface area (Å²) in [5, 5.41) is 3.87. The number of carbonyl (C=O) groups excluding carboxylic acids is 1. The van der Waals surface area contributed by atoms with Crippen LogP contribution in [0.4, 0.5) is 0 Å². The van der Waals surface area contributed by atoms with Crippen molar-refractivity contribution in [2.24, 2.45) is 0 Å². The predicted octanol–water partition coefficient (Wildman–Crippen LogP) is 2.39. The summed E-state index contributed by atoms with van der Waals surface area (Å²) in [6.45, 7) is 2.30. The third kappa shape index (κ3) is 4.89. The standard InChI is InChI=1S/C15H16ClN3O2S/c1-2-11-7-13(20)19-15(18-11)22-9-14(21)17-8-10-5-3-4-6-12(10)16/h3-7H,2,8-9H2,1H3,(H,17,21)(H,18,19,20). The number of carbonyl (C=O) groups is 1. The zero-order valence-electron chi connectivity index (χ0n) is 12.1. The first-order chi connectivity index (χ1) is 10.6. The van der Waals surface area contributed by atoms with Crippen molar-refractivity contribution >= 4 is 29.3 Å². The van der Waals surface area contributed by atoms with E-state index >= 15 is 0 Å². The van der Waals surface area contributed by atoms with Crippen LogP contribution in [0.1, 0.15) is 18.2 Å². The third-order valence-electron chi connectivity index (χ3n) is 2.91. The van der Waals surface area contributed by atoms with E-state index in [1.807, 2.05) is 25.1 Å². The van der Waals surface area contributed by atoms with Crippen LogP contribution in [-0.4, -0.2) is 21.6 Å². The Labute approximate surface area is 137 Å². The minimum absolute atomic E-state index is 0.144. The first kappa shape index (κ1) is 16.6. The predicted molar refractivity (Wildman–Crippen MR) is 88.3 cm³/mol. The first-order valence-corrected chi connectivity index (χ1v) is 8.18. The normalized spacial score (nSPS) is 10.5. The largest absolute Gasteiger partial charge is 0.351 e. The van der Waals surface area contributed by atoms with Crippen LogP contribution in [0, 0.1) is 0 Å². The maximum absolute atomic E-state index is 11.8.